The van der Waals surface area contributed by atoms with E-state index in [1.165, 1.54) is 19.3 Å². The van der Waals surface area contributed by atoms with Gasteiger partial charge in [0, 0.05) is 17.9 Å². The SMILES string of the molecule is CCCCCCNc1nc(Nc2ccccc2)nc(Nc2ccc(O)cc2)n1. The highest BCUT2D eigenvalue weighted by atomic mass is 16.3. The van der Waals surface area contributed by atoms with Crippen LogP contribution in [0.4, 0.5) is 29.2 Å². The summed E-state index contributed by atoms with van der Waals surface area (Å²) in [4.78, 5) is 13.4. The molecule has 7 nitrogen and oxygen atoms in total. The van der Waals surface area contributed by atoms with Crippen molar-refractivity contribution in [3.05, 3.63) is 54.6 Å². The predicted octanol–water partition coefficient (Wildman–Crippen LogP) is 5.06. The van der Waals surface area contributed by atoms with Gasteiger partial charge in [0.2, 0.25) is 17.8 Å². The third kappa shape index (κ3) is 6.12. The quantitative estimate of drug-likeness (QED) is 0.289. The van der Waals surface area contributed by atoms with Crippen molar-refractivity contribution in [1.82, 2.24) is 15.0 Å². The van der Waals surface area contributed by atoms with E-state index in [0.29, 0.717) is 17.8 Å². The van der Waals surface area contributed by atoms with E-state index < -0.39 is 0 Å². The number of nitrogens with one attached hydrogen (secondary N) is 3. The van der Waals surface area contributed by atoms with E-state index in [2.05, 4.69) is 37.8 Å². The number of nitrogens with zero attached hydrogens (tertiary/aromatic N) is 3. The molecule has 0 fully saturated rings. The van der Waals surface area contributed by atoms with Crippen molar-refractivity contribution in [2.45, 2.75) is 32.6 Å². The van der Waals surface area contributed by atoms with Gasteiger partial charge in [-0.25, -0.2) is 0 Å². The second-order valence-corrected chi connectivity index (χ2v) is 6.46. The highest BCUT2D eigenvalue weighted by Crippen LogP contribution is 2.20. The van der Waals surface area contributed by atoms with Crippen molar-refractivity contribution >= 4 is 29.2 Å². The molecule has 0 aliphatic rings. The van der Waals surface area contributed by atoms with E-state index in [-0.39, 0.29) is 5.75 Å². The molecular weight excluding hydrogens is 352 g/mol. The summed E-state index contributed by atoms with van der Waals surface area (Å²) in [5.74, 6) is 1.61. The predicted molar refractivity (Wildman–Crippen MR) is 114 cm³/mol. The van der Waals surface area contributed by atoms with Crippen LogP contribution in [0.5, 0.6) is 5.75 Å². The van der Waals surface area contributed by atoms with Crippen LogP contribution in [0.15, 0.2) is 54.6 Å². The van der Waals surface area contributed by atoms with E-state index in [1.54, 1.807) is 24.3 Å². The number of benzene rings is 2. The number of unbranched alkanes of at least 4 members (excludes halogenated alkanes) is 3. The Morgan fingerprint density at radius 1 is 0.714 bits per heavy atom. The zero-order chi connectivity index (χ0) is 19.6. The summed E-state index contributed by atoms with van der Waals surface area (Å²) in [7, 11) is 0. The number of aromatic hydroxyl groups is 1. The summed E-state index contributed by atoms with van der Waals surface area (Å²) in [5.41, 5.74) is 1.68. The minimum atomic E-state index is 0.210. The van der Waals surface area contributed by atoms with Gasteiger partial charge in [0.15, 0.2) is 0 Å². The molecule has 0 atom stereocenters. The Balaban J connectivity index is 1.75. The molecule has 1 heterocycles. The summed E-state index contributed by atoms with van der Waals surface area (Å²) >= 11 is 0. The van der Waals surface area contributed by atoms with Crippen LogP contribution in [0, 0.1) is 0 Å². The zero-order valence-electron chi connectivity index (χ0n) is 16.0. The molecular formula is C21H26N6O. The summed E-state index contributed by atoms with van der Waals surface area (Å²) < 4.78 is 0. The molecule has 0 spiro atoms. The summed E-state index contributed by atoms with van der Waals surface area (Å²) in [6, 6.07) is 16.5. The summed E-state index contributed by atoms with van der Waals surface area (Å²) in [6.07, 6.45) is 4.69. The third-order valence-corrected chi connectivity index (χ3v) is 4.10. The maximum atomic E-state index is 9.44. The van der Waals surface area contributed by atoms with Crippen LogP contribution in [0.3, 0.4) is 0 Å². The molecule has 0 unspecified atom stereocenters. The molecule has 2 aromatic carbocycles. The lowest BCUT2D eigenvalue weighted by atomic mass is 10.2. The Labute approximate surface area is 165 Å². The maximum Gasteiger partial charge on any atom is 0.233 e. The Morgan fingerprint density at radius 2 is 1.32 bits per heavy atom. The molecule has 0 aliphatic carbocycles. The molecule has 3 rings (SSSR count). The number of phenols is 1. The van der Waals surface area contributed by atoms with Crippen molar-refractivity contribution in [3.8, 4) is 5.75 Å². The smallest absolute Gasteiger partial charge is 0.233 e. The zero-order valence-corrected chi connectivity index (χ0v) is 16.0. The number of hydrogen-bond acceptors (Lipinski definition) is 7. The second-order valence-electron chi connectivity index (χ2n) is 6.46. The Kier molecular flexibility index (Phi) is 7.01. The number of rotatable bonds is 10. The number of hydrogen-bond donors (Lipinski definition) is 4. The highest BCUT2D eigenvalue weighted by Gasteiger charge is 2.08. The highest BCUT2D eigenvalue weighted by molar-refractivity contribution is 5.59. The first kappa shape index (κ1) is 19.4. The van der Waals surface area contributed by atoms with Crippen LogP contribution >= 0.6 is 0 Å². The molecule has 0 saturated carbocycles. The summed E-state index contributed by atoms with van der Waals surface area (Å²) in [6.45, 7) is 3.01. The summed E-state index contributed by atoms with van der Waals surface area (Å²) in [5, 5.41) is 19.1. The molecule has 3 aromatic rings. The molecule has 7 heteroatoms. The molecule has 1 aromatic heterocycles. The Morgan fingerprint density at radius 3 is 1.96 bits per heavy atom. The van der Waals surface area contributed by atoms with Crippen molar-refractivity contribution in [2.75, 3.05) is 22.5 Å². The van der Waals surface area contributed by atoms with Gasteiger partial charge in [-0.2, -0.15) is 15.0 Å². The minimum absolute atomic E-state index is 0.210. The second kappa shape index (κ2) is 10.1. The van der Waals surface area contributed by atoms with Crippen molar-refractivity contribution < 1.29 is 5.11 Å². The fourth-order valence-corrected chi connectivity index (χ4v) is 2.64. The van der Waals surface area contributed by atoms with Crippen molar-refractivity contribution in [1.29, 1.82) is 0 Å². The minimum Gasteiger partial charge on any atom is -0.508 e. The fourth-order valence-electron chi connectivity index (χ4n) is 2.64. The van der Waals surface area contributed by atoms with Gasteiger partial charge in [-0.05, 0) is 42.8 Å². The van der Waals surface area contributed by atoms with E-state index in [1.807, 2.05) is 30.3 Å². The molecule has 0 amide bonds. The van der Waals surface area contributed by atoms with E-state index in [4.69, 9.17) is 0 Å². The number of aromatic nitrogens is 3. The molecule has 28 heavy (non-hydrogen) atoms. The lowest BCUT2D eigenvalue weighted by molar-refractivity contribution is 0.475. The lowest BCUT2D eigenvalue weighted by Crippen LogP contribution is -2.10. The van der Waals surface area contributed by atoms with Gasteiger partial charge in [-0.15, -0.1) is 0 Å². The molecule has 0 bridgehead atoms. The Hall–Kier alpha value is -3.35. The molecule has 0 radical (unpaired) electrons. The molecule has 0 aliphatic heterocycles. The average Bonchev–Trinajstić information content (AvgIpc) is 2.70. The van der Waals surface area contributed by atoms with E-state index in [9.17, 15) is 5.11 Å². The van der Waals surface area contributed by atoms with E-state index in [0.717, 1.165) is 24.3 Å². The fraction of sp³-hybridized carbons (Fsp3) is 0.286. The molecule has 146 valence electrons. The maximum absolute atomic E-state index is 9.44. The van der Waals surface area contributed by atoms with Crippen LogP contribution in [0.25, 0.3) is 0 Å². The lowest BCUT2D eigenvalue weighted by Gasteiger charge is -2.11. The van der Waals surface area contributed by atoms with Gasteiger partial charge in [-0.3, -0.25) is 0 Å². The Bertz CT molecular complexity index is 855. The monoisotopic (exact) mass is 378 g/mol. The number of para-hydroxylation sites is 1. The van der Waals surface area contributed by atoms with E-state index >= 15 is 0 Å². The van der Waals surface area contributed by atoms with Gasteiger partial charge in [0.1, 0.15) is 5.75 Å². The van der Waals surface area contributed by atoms with Crippen LogP contribution in [0.2, 0.25) is 0 Å². The van der Waals surface area contributed by atoms with Gasteiger partial charge in [0.25, 0.3) is 0 Å². The van der Waals surface area contributed by atoms with Crippen molar-refractivity contribution in [2.24, 2.45) is 0 Å². The number of phenolic OH excluding ortho intramolecular Hbond substituents is 1. The topological polar surface area (TPSA) is 95.0 Å². The largest absolute Gasteiger partial charge is 0.508 e. The normalized spacial score (nSPS) is 10.5. The van der Waals surface area contributed by atoms with Crippen LogP contribution in [0.1, 0.15) is 32.6 Å². The molecule has 0 saturated heterocycles. The van der Waals surface area contributed by atoms with Gasteiger partial charge in [-0.1, -0.05) is 44.4 Å². The van der Waals surface area contributed by atoms with Crippen LogP contribution in [-0.4, -0.2) is 26.6 Å². The third-order valence-electron chi connectivity index (χ3n) is 4.10. The average molecular weight is 378 g/mol. The first-order chi connectivity index (χ1) is 13.7. The van der Waals surface area contributed by atoms with Crippen molar-refractivity contribution in [3.63, 3.8) is 0 Å². The van der Waals surface area contributed by atoms with Crippen LogP contribution < -0.4 is 16.0 Å². The standard InChI is InChI=1S/C21H26N6O/c1-2-3-4-8-15-22-19-25-20(23-16-9-6-5-7-10-16)27-21(26-19)24-17-11-13-18(28)14-12-17/h5-7,9-14,28H,2-4,8,15H2,1H3,(H3,22,23,24,25,26,27). The van der Waals surface area contributed by atoms with Gasteiger partial charge < -0.3 is 21.1 Å². The first-order valence-electron chi connectivity index (χ1n) is 9.61. The van der Waals surface area contributed by atoms with Gasteiger partial charge in [0.05, 0.1) is 0 Å². The van der Waals surface area contributed by atoms with Crippen LogP contribution in [-0.2, 0) is 0 Å². The molecule has 4 N–H and O–H groups in total. The first-order valence-corrected chi connectivity index (χ1v) is 9.61. The van der Waals surface area contributed by atoms with Gasteiger partial charge >= 0.3 is 0 Å². The number of anilines is 5.